The highest BCUT2D eigenvalue weighted by atomic mass is 35.5. The predicted octanol–water partition coefficient (Wildman–Crippen LogP) is 2.71. The molecule has 0 spiro atoms. The highest BCUT2D eigenvalue weighted by Crippen LogP contribution is 2.34. The van der Waals surface area contributed by atoms with Crippen LogP contribution in [-0.4, -0.2) is 28.3 Å². The third-order valence-electron chi connectivity index (χ3n) is 3.07. The minimum atomic E-state index is -0.642. The van der Waals surface area contributed by atoms with Crippen molar-refractivity contribution in [2.75, 3.05) is 18.0 Å². The van der Waals surface area contributed by atoms with Gasteiger partial charge in [0.05, 0.1) is 21.3 Å². The number of anilines is 1. The molecule has 8 heteroatoms. The van der Waals surface area contributed by atoms with E-state index in [9.17, 15) is 20.2 Å². The second-order valence-electron chi connectivity index (χ2n) is 4.37. The summed E-state index contributed by atoms with van der Waals surface area (Å²) in [6.07, 6.45) is 1.72. The van der Waals surface area contributed by atoms with Gasteiger partial charge in [-0.25, -0.2) is 0 Å². The summed E-state index contributed by atoms with van der Waals surface area (Å²) in [5.41, 5.74) is -0.143. The SMILES string of the molecule is O=[N+]([O-])c1ccc(N2CCCC(Cl)C2)c([N+](=O)[O-])c1. The van der Waals surface area contributed by atoms with Gasteiger partial charge in [-0.05, 0) is 18.9 Å². The molecule has 1 aromatic rings. The highest BCUT2D eigenvalue weighted by molar-refractivity contribution is 6.21. The summed E-state index contributed by atoms with van der Waals surface area (Å²) in [4.78, 5) is 22.3. The molecule has 19 heavy (non-hydrogen) atoms. The Hall–Kier alpha value is -1.89. The number of piperidine rings is 1. The summed E-state index contributed by atoms with van der Waals surface area (Å²) in [5, 5.41) is 21.7. The zero-order chi connectivity index (χ0) is 14.0. The van der Waals surface area contributed by atoms with E-state index in [2.05, 4.69) is 0 Å². The van der Waals surface area contributed by atoms with Crippen LogP contribution in [0.2, 0.25) is 0 Å². The summed E-state index contributed by atoms with van der Waals surface area (Å²) in [6.45, 7) is 1.18. The molecule has 1 aromatic carbocycles. The van der Waals surface area contributed by atoms with Gasteiger partial charge in [0.2, 0.25) is 0 Å². The summed E-state index contributed by atoms with van der Waals surface area (Å²) < 4.78 is 0. The zero-order valence-electron chi connectivity index (χ0n) is 9.99. The van der Waals surface area contributed by atoms with Gasteiger partial charge in [-0.15, -0.1) is 11.6 Å². The fourth-order valence-electron chi connectivity index (χ4n) is 2.18. The van der Waals surface area contributed by atoms with Gasteiger partial charge < -0.3 is 4.90 Å². The van der Waals surface area contributed by atoms with Crippen LogP contribution >= 0.6 is 11.6 Å². The van der Waals surface area contributed by atoms with Crippen molar-refractivity contribution in [1.29, 1.82) is 0 Å². The van der Waals surface area contributed by atoms with Gasteiger partial charge >= 0.3 is 0 Å². The van der Waals surface area contributed by atoms with Crippen LogP contribution in [0.3, 0.4) is 0 Å². The first-order valence-electron chi connectivity index (χ1n) is 5.81. The van der Waals surface area contributed by atoms with E-state index in [4.69, 9.17) is 11.6 Å². The summed E-state index contributed by atoms with van der Waals surface area (Å²) in [6, 6.07) is 3.69. The molecule has 1 atom stereocenters. The third kappa shape index (κ3) is 2.93. The highest BCUT2D eigenvalue weighted by Gasteiger charge is 2.26. The molecule has 1 aliphatic rings. The van der Waals surface area contributed by atoms with E-state index in [1.165, 1.54) is 12.1 Å². The zero-order valence-corrected chi connectivity index (χ0v) is 10.7. The molecule has 0 aliphatic carbocycles. The standard InChI is InChI=1S/C11H12ClN3O4/c12-8-2-1-5-13(7-8)10-4-3-9(14(16)17)6-11(10)15(18)19/h3-4,6,8H,1-2,5,7H2. The van der Waals surface area contributed by atoms with Crippen molar-refractivity contribution in [2.45, 2.75) is 18.2 Å². The van der Waals surface area contributed by atoms with Crippen molar-refractivity contribution in [3.05, 3.63) is 38.4 Å². The van der Waals surface area contributed by atoms with Crippen LogP contribution in [-0.2, 0) is 0 Å². The van der Waals surface area contributed by atoms with Crippen LogP contribution < -0.4 is 4.90 Å². The van der Waals surface area contributed by atoms with Crippen molar-refractivity contribution >= 4 is 28.7 Å². The van der Waals surface area contributed by atoms with Gasteiger partial charge in [0.25, 0.3) is 11.4 Å². The molecule has 7 nitrogen and oxygen atoms in total. The Kier molecular flexibility index (Phi) is 3.84. The van der Waals surface area contributed by atoms with Gasteiger partial charge in [-0.2, -0.15) is 0 Å². The van der Waals surface area contributed by atoms with Gasteiger partial charge in [0.1, 0.15) is 5.69 Å². The Morgan fingerprint density at radius 3 is 2.58 bits per heavy atom. The normalized spacial score (nSPS) is 19.2. The van der Waals surface area contributed by atoms with E-state index in [1.807, 2.05) is 4.90 Å². The second-order valence-corrected chi connectivity index (χ2v) is 4.99. The molecule has 0 amide bonds. The topological polar surface area (TPSA) is 89.5 Å². The average Bonchev–Trinajstić information content (AvgIpc) is 2.37. The van der Waals surface area contributed by atoms with E-state index in [1.54, 1.807) is 0 Å². The molecule has 1 fully saturated rings. The van der Waals surface area contributed by atoms with Crippen LogP contribution in [0.5, 0.6) is 0 Å². The molecule has 0 N–H and O–H groups in total. The molecule has 1 aliphatic heterocycles. The van der Waals surface area contributed by atoms with Crippen LogP contribution in [0.1, 0.15) is 12.8 Å². The number of nitrogens with zero attached hydrogens (tertiary/aromatic N) is 3. The quantitative estimate of drug-likeness (QED) is 0.484. The molecule has 0 radical (unpaired) electrons. The van der Waals surface area contributed by atoms with Crippen molar-refractivity contribution in [2.24, 2.45) is 0 Å². The summed E-state index contributed by atoms with van der Waals surface area (Å²) >= 11 is 6.06. The molecule has 0 saturated carbocycles. The number of rotatable bonds is 3. The number of alkyl halides is 1. The van der Waals surface area contributed by atoms with Crippen molar-refractivity contribution in [3.63, 3.8) is 0 Å². The number of nitro groups is 2. The number of hydrogen-bond acceptors (Lipinski definition) is 5. The summed E-state index contributed by atoms with van der Waals surface area (Å²) in [5.74, 6) is 0. The number of nitro benzene ring substituents is 2. The lowest BCUT2D eigenvalue weighted by molar-refractivity contribution is -0.393. The first-order chi connectivity index (χ1) is 8.99. The fourth-order valence-corrected chi connectivity index (χ4v) is 2.50. The Balaban J connectivity index is 2.38. The van der Waals surface area contributed by atoms with Gasteiger partial charge in [-0.3, -0.25) is 20.2 Å². The smallest absolute Gasteiger partial charge is 0.299 e. The first kappa shape index (κ1) is 13.5. The molecule has 0 aromatic heterocycles. The van der Waals surface area contributed by atoms with Crippen LogP contribution in [0.25, 0.3) is 0 Å². The Bertz CT molecular complexity index is 523. The number of benzene rings is 1. The average molecular weight is 286 g/mol. The van der Waals surface area contributed by atoms with Crippen LogP contribution in [0.4, 0.5) is 17.1 Å². The number of non-ortho nitro benzene ring substituents is 1. The largest absolute Gasteiger partial charge is 0.365 e. The minimum Gasteiger partial charge on any atom is -0.365 e. The first-order valence-corrected chi connectivity index (χ1v) is 6.24. The minimum absolute atomic E-state index is 0.0523. The van der Waals surface area contributed by atoms with E-state index in [-0.39, 0.29) is 16.8 Å². The van der Waals surface area contributed by atoms with Gasteiger partial charge in [0.15, 0.2) is 0 Å². The molecular formula is C11H12ClN3O4. The lowest BCUT2D eigenvalue weighted by Gasteiger charge is -2.31. The second kappa shape index (κ2) is 5.40. The molecule has 102 valence electrons. The van der Waals surface area contributed by atoms with Crippen molar-refractivity contribution < 1.29 is 9.85 Å². The molecule has 1 saturated heterocycles. The summed E-state index contributed by atoms with van der Waals surface area (Å²) in [7, 11) is 0. The Morgan fingerprint density at radius 1 is 1.26 bits per heavy atom. The van der Waals surface area contributed by atoms with E-state index < -0.39 is 9.85 Å². The van der Waals surface area contributed by atoms with Gasteiger partial charge in [-0.1, -0.05) is 0 Å². The van der Waals surface area contributed by atoms with E-state index in [0.717, 1.165) is 18.9 Å². The molecular weight excluding hydrogens is 274 g/mol. The lowest BCUT2D eigenvalue weighted by Crippen LogP contribution is -2.36. The van der Waals surface area contributed by atoms with Crippen LogP contribution in [0.15, 0.2) is 18.2 Å². The van der Waals surface area contributed by atoms with Crippen molar-refractivity contribution in [1.82, 2.24) is 0 Å². The lowest BCUT2D eigenvalue weighted by atomic mass is 10.1. The Morgan fingerprint density at radius 2 is 2.00 bits per heavy atom. The van der Waals surface area contributed by atoms with Crippen LogP contribution in [0, 0.1) is 20.2 Å². The maximum atomic E-state index is 11.0. The number of halogens is 1. The Labute approximate surface area is 114 Å². The molecule has 1 heterocycles. The maximum Gasteiger partial charge on any atom is 0.299 e. The maximum absolute atomic E-state index is 11.0. The third-order valence-corrected chi connectivity index (χ3v) is 3.43. The van der Waals surface area contributed by atoms with Crippen molar-refractivity contribution in [3.8, 4) is 0 Å². The van der Waals surface area contributed by atoms with Gasteiger partial charge in [0, 0.05) is 19.2 Å². The number of hydrogen-bond donors (Lipinski definition) is 0. The molecule has 0 bridgehead atoms. The molecule has 1 unspecified atom stereocenters. The van der Waals surface area contributed by atoms with E-state index in [0.29, 0.717) is 18.8 Å². The fraction of sp³-hybridized carbons (Fsp3) is 0.455. The van der Waals surface area contributed by atoms with E-state index >= 15 is 0 Å². The predicted molar refractivity (Wildman–Crippen MR) is 70.8 cm³/mol. The monoisotopic (exact) mass is 285 g/mol. The molecule has 2 rings (SSSR count).